The summed E-state index contributed by atoms with van der Waals surface area (Å²) >= 11 is 0. The van der Waals surface area contributed by atoms with Crippen molar-refractivity contribution in [2.75, 3.05) is 7.11 Å². The Morgan fingerprint density at radius 3 is 2.05 bits per heavy atom. The predicted octanol–water partition coefficient (Wildman–Crippen LogP) is 5.98. The number of carbonyl (C=O) groups is 1. The van der Waals surface area contributed by atoms with Crippen LogP contribution in [0.15, 0.2) is 11.8 Å². The molecule has 0 aromatic heterocycles. The first kappa shape index (κ1) is 18.1. The highest BCUT2D eigenvalue weighted by Gasteiger charge is 2.09. The molecule has 1 aliphatic rings. The Bertz CT molecular complexity index is 310. The van der Waals surface area contributed by atoms with Gasteiger partial charge in [0.25, 0.3) is 0 Å². The van der Waals surface area contributed by atoms with Gasteiger partial charge in [0, 0.05) is 6.42 Å². The Balaban J connectivity index is 2.52. The Morgan fingerprint density at radius 2 is 1.48 bits per heavy atom. The van der Waals surface area contributed by atoms with E-state index in [1.807, 2.05) is 0 Å². The van der Waals surface area contributed by atoms with E-state index in [1.54, 1.807) is 0 Å². The van der Waals surface area contributed by atoms with Gasteiger partial charge in [-0.3, -0.25) is 0 Å². The summed E-state index contributed by atoms with van der Waals surface area (Å²) in [6.45, 7) is 2.21. The number of methoxy groups -OCH3 is 1. The average molecular weight is 296 g/mol. The van der Waals surface area contributed by atoms with Crippen molar-refractivity contribution in [2.24, 2.45) is 5.92 Å². The fourth-order valence-corrected chi connectivity index (χ4v) is 2.90. The van der Waals surface area contributed by atoms with Gasteiger partial charge in [0.15, 0.2) is 0 Å². The summed E-state index contributed by atoms with van der Waals surface area (Å²) in [6, 6.07) is 0. The molecule has 0 amide bonds. The topological polar surface area (TPSA) is 35.5 Å². The molecular weight excluding hydrogens is 264 g/mol. The van der Waals surface area contributed by atoms with Crippen molar-refractivity contribution in [3.63, 3.8) is 0 Å². The van der Waals surface area contributed by atoms with Crippen molar-refractivity contribution >= 4 is 6.16 Å². The fourth-order valence-electron chi connectivity index (χ4n) is 2.90. The van der Waals surface area contributed by atoms with Crippen molar-refractivity contribution in [1.82, 2.24) is 0 Å². The van der Waals surface area contributed by atoms with E-state index in [0.717, 1.165) is 18.6 Å². The number of rotatable bonds is 1. The third-order valence-corrected chi connectivity index (χ3v) is 4.18. The molecule has 0 heterocycles. The van der Waals surface area contributed by atoms with Crippen LogP contribution < -0.4 is 0 Å². The Hall–Kier alpha value is -0.990. The first-order valence-corrected chi connectivity index (χ1v) is 8.69. The third kappa shape index (κ3) is 9.54. The molecule has 3 nitrogen and oxygen atoms in total. The van der Waals surface area contributed by atoms with Gasteiger partial charge in [0.05, 0.1) is 7.11 Å². The van der Waals surface area contributed by atoms with E-state index >= 15 is 0 Å². The van der Waals surface area contributed by atoms with Gasteiger partial charge in [0.1, 0.15) is 5.76 Å². The Kier molecular flexibility index (Phi) is 10.0. The zero-order chi connectivity index (χ0) is 15.3. The molecule has 21 heavy (non-hydrogen) atoms. The summed E-state index contributed by atoms with van der Waals surface area (Å²) in [6.07, 6.45) is 16.6. The lowest BCUT2D eigenvalue weighted by molar-refractivity contribution is 0.0938. The number of hydrogen-bond acceptors (Lipinski definition) is 3. The van der Waals surface area contributed by atoms with Crippen molar-refractivity contribution in [2.45, 2.75) is 84.0 Å². The lowest BCUT2D eigenvalue weighted by Crippen LogP contribution is -2.06. The third-order valence-electron chi connectivity index (χ3n) is 4.18. The molecular formula is C18H32O3. The van der Waals surface area contributed by atoms with Crippen LogP contribution in [-0.4, -0.2) is 13.3 Å². The summed E-state index contributed by atoms with van der Waals surface area (Å²) in [4.78, 5) is 11.3. The summed E-state index contributed by atoms with van der Waals surface area (Å²) in [5.41, 5.74) is 0. The van der Waals surface area contributed by atoms with Gasteiger partial charge in [-0.15, -0.1) is 0 Å². The molecule has 0 bridgehead atoms. The quantitative estimate of drug-likeness (QED) is 0.558. The second-order valence-electron chi connectivity index (χ2n) is 6.24. The molecule has 0 aromatic carbocycles. The molecule has 0 aliphatic heterocycles. The maximum absolute atomic E-state index is 11.3. The lowest BCUT2D eigenvalue weighted by Gasteiger charge is -2.11. The van der Waals surface area contributed by atoms with E-state index in [-0.39, 0.29) is 0 Å². The van der Waals surface area contributed by atoms with Crippen molar-refractivity contribution < 1.29 is 14.3 Å². The number of hydrogen-bond donors (Lipinski definition) is 0. The van der Waals surface area contributed by atoms with E-state index in [4.69, 9.17) is 4.74 Å². The van der Waals surface area contributed by atoms with Gasteiger partial charge in [0.2, 0.25) is 0 Å². The Labute approximate surface area is 130 Å². The first-order chi connectivity index (χ1) is 10.2. The summed E-state index contributed by atoms with van der Waals surface area (Å²) in [5, 5.41) is 0. The second kappa shape index (κ2) is 11.6. The van der Waals surface area contributed by atoms with Crippen LogP contribution in [0, 0.1) is 5.92 Å². The summed E-state index contributed by atoms with van der Waals surface area (Å²) in [5.74, 6) is 1.26. The van der Waals surface area contributed by atoms with Gasteiger partial charge in [-0.2, -0.15) is 0 Å². The van der Waals surface area contributed by atoms with Gasteiger partial charge < -0.3 is 9.47 Å². The highest BCUT2D eigenvalue weighted by Crippen LogP contribution is 2.20. The maximum Gasteiger partial charge on any atom is 0.513 e. The van der Waals surface area contributed by atoms with E-state index in [1.165, 1.54) is 71.3 Å². The fraction of sp³-hybridized carbons (Fsp3) is 0.833. The molecule has 122 valence electrons. The van der Waals surface area contributed by atoms with Crippen LogP contribution in [0.3, 0.4) is 0 Å². The SMILES string of the molecule is COC(=O)O/C1=C\[C@H](C)CCCCCCCCCCCC1. The van der Waals surface area contributed by atoms with Crippen LogP contribution in [0.25, 0.3) is 0 Å². The Morgan fingerprint density at radius 1 is 0.952 bits per heavy atom. The summed E-state index contributed by atoms with van der Waals surface area (Å²) in [7, 11) is 1.36. The van der Waals surface area contributed by atoms with Crippen LogP contribution in [0.1, 0.15) is 84.0 Å². The van der Waals surface area contributed by atoms with Gasteiger partial charge in [-0.05, 0) is 24.8 Å². The standard InChI is InChI=1S/C18H32O3/c1-16-13-11-9-7-5-3-4-6-8-10-12-14-17(15-16)21-18(19)20-2/h15-16H,3-14H2,1-2H3/b17-15-/t16-/m1/s1. The molecule has 0 fully saturated rings. The van der Waals surface area contributed by atoms with Crippen LogP contribution in [-0.2, 0) is 9.47 Å². The first-order valence-electron chi connectivity index (χ1n) is 8.69. The zero-order valence-electron chi connectivity index (χ0n) is 13.9. The normalized spacial score (nSPS) is 25.8. The second-order valence-corrected chi connectivity index (χ2v) is 6.24. The highest BCUT2D eigenvalue weighted by atomic mass is 16.7. The molecule has 1 aliphatic carbocycles. The molecule has 1 rings (SSSR count). The molecule has 0 unspecified atom stereocenters. The average Bonchev–Trinajstić information content (AvgIpc) is 2.47. The van der Waals surface area contributed by atoms with Crippen LogP contribution in [0.4, 0.5) is 4.79 Å². The monoisotopic (exact) mass is 296 g/mol. The highest BCUT2D eigenvalue weighted by molar-refractivity contribution is 5.61. The number of allylic oxidation sites excluding steroid dienone is 2. The minimum absolute atomic E-state index is 0.467. The van der Waals surface area contributed by atoms with Crippen molar-refractivity contribution in [3.8, 4) is 0 Å². The molecule has 0 radical (unpaired) electrons. The van der Waals surface area contributed by atoms with Crippen LogP contribution >= 0.6 is 0 Å². The van der Waals surface area contributed by atoms with Crippen molar-refractivity contribution in [1.29, 1.82) is 0 Å². The predicted molar refractivity (Wildman–Crippen MR) is 86.1 cm³/mol. The summed E-state index contributed by atoms with van der Waals surface area (Å²) < 4.78 is 9.91. The molecule has 3 heteroatoms. The van der Waals surface area contributed by atoms with E-state index in [9.17, 15) is 4.79 Å². The van der Waals surface area contributed by atoms with E-state index in [0.29, 0.717) is 5.92 Å². The van der Waals surface area contributed by atoms with Crippen LogP contribution in [0.2, 0.25) is 0 Å². The minimum Gasteiger partial charge on any atom is -0.437 e. The molecule has 0 saturated heterocycles. The van der Waals surface area contributed by atoms with E-state index in [2.05, 4.69) is 17.7 Å². The smallest absolute Gasteiger partial charge is 0.437 e. The lowest BCUT2D eigenvalue weighted by atomic mass is 10.0. The van der Waals surface area contributed by atoms with Gasteiger partial charge >= 0.3 is 6.16 Å². The number of carbonyl (C=O) groups excluding carboxylic acids is 1. The van der Waals surface area contributed by atoms with Gasteiger partial charge in [-0.25, -0.2) is 4.79 Å². The largest absolute Gasteiger partial charge is 0.513 e. The number of ether oxygens (including phenoxy) is 2. The van der Waals surface area contributed by atoms with Crippen molar-refractivity contribution in [3.05, 3.63) is 11.8 Å². The van der Waals surface area contributed by atoms with Crippen LogP contribution in [0.5, 0.6) is 0 Å². The molecule has 0 saturated carbocycles. The maximum atomic E-state index is 11.3. The molecule has 0 N–H and O–H groups in total. The zero-order valence-corrected chi connectivity index (χ0v) is 13.9. The molecule has 1 atom stereocenters. The van der Waals surface area contributed by atoms with E-state index < -0.39 is 6.16 Å². The minimum atomic E-state index is -0.591. The molecule has 0 spiro atoms. The molecule has 0 aromatic rings. The van der Waals surface area contributed by atoms with Gasteiger partial charge in [-0.1, -0.05) is 64.7 Å².